The van der Waals surface area contributed by atoms with Crippen LogP contribution in [0, 0.1) is 23.7 Å². The predicted octanol–water partition coefficient (Wildman–Crippen LogP) is 3.22. The molecule has 3 aliphatic rings. The molecule has 2 fully saturated rings. The average molecular weight is 182 g/mol. The molecule has 0 aromatic heterocycles. The summed E-state index contributed by atoms with van der Waals surface area (Å²) in [6, 6.07) is 11.1. The van der Waals surface area contributed by atoms with E-state index in [9.17, 15) is 0 Å². The molecule has 0 amide bonds. The lowest BCUT2D eigenvalue weighted by atomic mass is 9.96. The number of fused-ring (bicyclic) bond motifs is 5. The molecular weight excluding hydrogens is 168 g/mol. The molecule has 2 saturated carbocycles. The minimum atomic E-state index is 0.898. The number of benzene rings is 1. The van der Waals surface area contributed by atoms with E-state index in [1.54, 1.807) is 5.56 Å². The Labute approximate surface area is 84.6 Å². The summed E-state index contributed by atoms with van der Waals surface area (Å²) in [6.45, 7) is 0. The fraction of sp³-hybridized carbons (Fsp3) is 0.429. The summed E-state index contributed by atoms with van der Waals surface area (Å²) in [6.07, 6.45) is 6.39. The fourth-order valence-corrected chi connectivity index (χ4v) is 3.91. The lowest BCUT2D eigenvalue weighted by Crippen LogP contribution is -1.97. The van der Waals surface area contributed by atoms with Crippen LogP contribution in [-0.4, -0.2) is 0 Å². The molecule has 2 bridgehead atoms. The van der Waals surface area contributed by atoms with E-state index in [4.69, 9.17) is 0 Å². The zero-order valence-electron chi connectivity index (χ0n) is 8.14. The SMILES string of the molecule is C1=C[C@H]2C[C@@H]1[C@@H]1C(c3ccccc3)[C@@H]12. The molecule has 1 aromatic rings. The third-order valence-corrected chi connectivity index (χ3v) is 4.46. The third kappa shape index (κ3) is 0.755. The van der Waals surface area contributed by atoms with Crippen LogP contribution in [0.2, 0.25) is 0 Å². The van der Waals surface area contributed by atoms with Gasteiger partial charge in [-0.1, -0.05) is 42.5 Å². The highest BCUT2D eigenvalue weighted by Gasteiger charge is 2.63. The predicted molar refractivity (Wildman–Crippen MR) is 56.9 cm³/mol. The Morgan fingerprint density at radius 3 is 2.14 bits per heavy atom. The molecule has 0 nitrogen and oxygen atoms in total. The molecule has 70 valence electrons. The Morgan fingerprint density at radius 2 is 1.50 bits per heavy atom. The monoisotopic (exact) mass is 182 g/mol. The first-order chi connectivity index (χ1) is 6.95. The van der Waals surface area contributed by atoms with E-state index in [0.29, 0.717) is 0 Å². The number of allylic oxidation sites excluding steroid dienone is 2. The Morgan fingerprint density at radius 1 is 0.857 bits per heavy atom. The summed E-state index contributed by atoms with van der Waals surface area (Å²) in [5.74, 6) is 4.76. The van der Waals surface area contributed by atoms with Gasteiger partial charge < -0.3 is 0 Å². The first-order valence-electron chi connectivity index (χ1n) is 5.68. The van der Waals surface area contributed by atoms with Crippen molar-refractivity contribution in [1.29, 1.82) is 0 Å². The summed E-state index contributed by atoms with van der Waals surface area (Å²) in [7, 11) is 0. The lowest BCUT2D eigenvalue weighted by molar-refractivity contribution is 0.542. The third-order valence-electron chi connectivity index (χ3n) is 4.46. The second kappa shape index (κ2) is 2.31. The Kier molecular flexibility index (Phi) is 1.20. The van der Waals surface area contributed by atoms with Gasteiger partial charge in [-0.05, 0) is 41.6 Å². The topological polar surface area (TPSA) is 0 Å². The second-order valence-electron chi connectivity index (χ2n) is 5.04. The van der Waals surface area contributed by atoms with Gasteiger partial charge in [-0.15, -0.1) is 0 Å². The van der Waals surface area contributed by atoms with Crippen molar-refractivity contribution in [2.45, 2.75) is 12.3 Å². The standard InChI is InChI=1S/C14H14/c1-2-4-9(5-3-1)12-13-10-6-7-11(8-10)14(12)13/h1-7,10-14H,8H2/t10-,11+,12?,13-,14+. The Hall–Kier alpha value is -1.04. The maximum Gasteiger partial charge on any atom is -0.00879 e. The highest BCUT2D eigenvalue weighted by atomic mass is 14.7. The molecular formula is C14H14. The molecule has 0 spiro atoms. The maximum absolute atomic E-state index is 2.47. The highest BCUT2D eigenvalue weighted by Crippen LogP contribution is 2.70. The first kappa shape index (κ1) is 7.28. The van der Waals surface area contributed by atoms with E-state index in [2.05, 4.69) is 42.5 Å². The normalized spacial score (nSPS) is 46.7. The van der Waals surface area contributed by atoms with Crippen molar-refractivity contribution in [3.05, 3.63) is 48.0 Å². The van der Waals surface area contributed by atoms with Crippen LogP contribution in [0.5, 0.6) is 0 Å². The van der Waals surface area contributed by atoms with Crippen LogP contribution in [0.4, 0.5) is 0 Å². The first-order valence-corrected chi connectivity index (χ1v) is 5.68. The van der Waals surface area contributed by atoms with Crippen LogP contribution in [-0.2, 0) is 0 Å². The number of hydrogen-bond acceptors (Lipinski definition) is 0. The van der Waals surface area contributed by atoms with Gasteiger partial charge in [0.2, 0.25) is 0 Å². The van der Waals surface area contributed by atoms with Gasteiger partial charge in [0.05, 0.1) is 0 Å². The van der Waals surface area contributed by atoms with Gasteiger partial charge in [-0.25, -0.2) is 0 Å². The van der Waals surface area contributed by atoms with Gasteiger partial charge in [0.25, 0.3) is 0 Å². The van der Waals surface area contributed by atoms with Gasteiger partial charge >= 0.3 is 0 Å². The smallest absolute Gasteiger partial charge is 0.00879 e. The largest absolute Gasteiger partial charge is 0.0848 e. The van der Waals surface area contributed by atoms with Crippen LogP contribution >= 0.6 is 0 Å². The minimum Gasteiger partial charge on any atom is -0.0848 e. The van der Waals surface area contributed by atoms with Crippen molar-refractivity contribution in [3.63, 3.8) is 0 Å². The van der Waals surface area contributed by atoms with Crippen LogP contribution < -0.4 is 0 Å². The van der Waals surface area contributed by atoms with Gasteiger partial charge in [-0.3, -0.25) is 0 Å². The van der Waals surface area contributed by atoms with Crippen molar-refractivity contribution < 1.29 is 0 Å². The quantitative estimate of drug-likeness (QED) is 0.585. The molecule has 5 atom stereocenters. The average Bonchev–Trinajstić information content (AvgIpc) is 2.69. The summed E-state index contributed by atoms with van der Waals surface area (Å²) >= 11 is 0. The van der Waals surface area contributed by atoms with Crippen molar-refractivity contribution in [2.24, 2.45) is 23.7 Å². The van der Waals surface area contributed by atoms with Crippen LogP contribution in [0.1, 0.15) is 17.9 Å². The summed E-state index contributed by atoms with van der Waals surface area (Å²) in [5, 5.41) is 0. The van der Waals surface area contributed by atoms with Gasteiger partial charge in [-0.2, -0.15) is 0 Å². The molecule has 0 heteroatoms. The van der Waals surface area contributed by atoms with Gasteiger partial charge in [0, 0.05) is 0 Å². The molecule has 0 saturated heterocycles. The Balaban J connectivity index is 1.69. The fourth-order valence-electron chi connectivity index (χ4n) is 3.91. The molecule has 0 heterocycles. The van der Waals surface area contributed by atoms with Crippen LogP contribution in [0.3, 0.4) is 0 Å². The Bertz CT molecular complexity index is 372. The molecule has 3 aliphatic carbocycles. The second-order valence-corrected chi connectivity index (χ2v) is 5.04. The van der Waals surface area contributed by atoms with Gasteiger partial charge in [0.1, 0.15) is 0 Å². The van der Waals surface area contributed by atoms with E-state index in [0.717, 1.165) is 29.6 Å². The van der Waals surface area contributed by atoms with Crippen LogP contribution in [0.15, 0.2) is 42.5 Å². The molecule has 4 rings (SSSR count). The van der Waals surface area contributed by atoms with Crippen molar-refractivity contribution in [2.75, 3.05) is 0 Å². The molecule has 0 aliphatic heterocycles. The zero-order valence-corrected chi connectivity index (χ0v) is 8.14. The van der Waals surface area contributed by atoms with Gasteiger partial charge in [0.15, 0.2) is 0 Å². The minimum absolute atomic E-state index is 0.898. The van der Waals surface area contributed by atoms with E-state index < -0.39 is 0 Å². The molecule has 0 N–H and O–H groups in total. The molecule has 1 unspecified atom stereocenters. The van der Waals surface area contributed by atoms with E-state index in [1.807, 2.05) is 0 Å². The number of hydrogen-bond donors (Lipinski definition) is 0. The van der Waals surface area contributed by atoms with E-state index in [1.165, 1.54) is 6.42 Å². The molecule has 1 aromatic carbocycles. The van der Waals surface area contributed by atoms with E-state index in [-0.39, 0.29) is 0 Å². The lowest BCUT2D eigenvalue weighted by Gasteiger charge is -2.08. The maximum atomic E-state index is 2.47. The summed E-state index contributed by atoms with van der Waals surface area (Å²) in [4.78, 5) is 0. The zero-order chi connectivity index (χ0) is 9.12. The summed E-state index contributed by atoms with van der Waals surface area (Å²) < 4.78 is 0. The van der Waals surface area contributed by atoms with Crippen molar-refractivity contribution >= 4 is 0 Å². The summed E-state index contributed by atoms with van der Waals surface area (Å²) in [5.41, 5.74) is 1.58. The molecule has 14 heavy (non-hydrogen) atoms. The molecule has 0 radical (unpaired) electrons. The van der Waals surface area contributed by atoms with Crippen molar-refractivity contribution in [1.82, 2.24) is 0 Å². The van der Waals surface area contributed by atoms with Crippen molar-refractivity contribution in [3.8, 4) is 0 Å². The van der Waals surface area contributed by atoms with Crippen LogP contribution in [0.25, 0.3) is 0 Å². The highest BCUT2D eigenvalue weighted by molar-refractivity contribution is 5.36. The van der Waals surface area contributed by atoms with E-state index >= 15 is 0 Å². The number of rotatable bonds is 1.